The first-order chi connectivity index (χ1) is 7.50. The molecule has 0 aromatic heterocycles. The van der Waals surface area contributed by atoms with Gasteiger partial charge in [0.15, 0.2) is 0 Å². The Morgan fingerprint density at radius 3 is 2.69 bits per heavy atom. The number of anilines is 1. The highest BCUT2D eigenvalue weighted by molar-refractivity contribution is 6.31. The van der Waals surface area contributed by atoms with Crippen LogP contribution in [0.15, 0.2) is 18.2 Å². The number of nitrogens with zero attached hydrogens (tertiary/aromatic N) is 1. The van der Waals surface area contributed by atoms with Gasteiger partial charge in [0, 0.05) is 31.9 Å². The predicted molar refractivity (Wildman–Crippen MR) is 67.8 cm³/mol. The zero-order valence-electron chi connectivity index (χ0n) is 9.93. The van der Waals surface area contributed by atoms with Gasteiger partial charge in [-0.25, -0.2) is 4.39 Å². The summed E-state index contributed by atoms with van der Waals surface area (Å²) in [5.41, 5.74) is 0.928. The molecule has 0 heterocycles. The van der Waals surface area contributed by atoms with Crippen molar-refractivity contribution in [2.24, 2.45) is 0 Å². The number of likely N-dealkylation sites (N-methyl/N-ethyl adjacent to an activating group) is 1. The molecule has 1 N–H and O–H groups in total. The van der Waals surface area contributed by atoms with Gasteiger partial charge in [0.1, 0.15) is 5.82 Å². The standard InChI is InChI=1S/C12H18ClFN2/c1-9(2)15-6-7-16(3)10-4-5-12(14)11(13)8-10/h4-5,8-9,15H,6-7H2,1-3H3. The summed E-state index contributed by atoms with van der Waals surface area (Å²) in [6.07, 6.45) is 0. The molecular formula is C12H18ClFN2. The van der Waals surface area contributed by atoms with E-state index in [1.165, 1.54) is 6.07 Å². The molecule has 0 saturated heterocycles. The number of rotatable bonds is 5. The van der Waals surface area contributed by atoms with Crippen molar-refractivity contribution in [3.05, 3.63) is 29.0 Å². The summed E-state index contributed by atoms with van der Waals surface area (Å²) in [7, 11) is 1.96. The van der Waals surface area contributed by atoms with Crippen molar-refractivity contribution >= 4 is 17.3 Å². The van der Waals surface area contributed by atoms with E-state index in [1.54, 1.807) is 12.1 Å². The number of halogens is 2. The summed E-state index contributed by atoms with van der Waals surface area (Å²) in [6, 6.07) is 5.25. The van der Waals surface area contributed by atoms with Gasteiger partial charge in [-0.2, -0.15) is 0 Å². The molecule has 1 rings (SSSR count). The van der Waals surface area contributed by atoms with Gasteiger partial charge >= 0.3 is 0 Å². The van der Waals surface area contributed by atoms with E-state index in [4.69, 9.17) is 11.6 Å². The summed E-state index contributed by atoms with van der Waals surface area (Å²) in [4.78, 5) is 2.04. The minimum Gasteiger partial charge on any atom is -0.373 e. The van der Waals surface area contributed by atoms with Crippen LogP contribution in [0.1, 0.15) is 13.8 Å². The average molecular weight is 245 g/mol. The van der Waals surface area contributed by atoms with Gasteiger partial charge in [0.05, 0.1) is 5.02 Å². The van der Waals surface area contributed by atoms with Crippen LogP contribution < -0.4 is 10.2 Å². The van der Waals surface area contributed by atoms with E-state index in [9.17, 15) is 4.39 Å². The molecule has 90 valence electrons. The molecule has 16 heavy (non-hydrogen) atoms. The van der Waals surface area contributed by atoms with E-state index in [0.717, 1.165) is 18.8 Å². The molecule has 0 atom stereocenters. The highest BCUT2D eigenvalue weighted by atomic mass is 35.5. The van der Waals surface area contributed by atoms with Gasteiger partial charge in [-0.05, 0) is 18.2 Å². The maximum atomic E-state index is 13.0. The van der Waals surface area contributed by atoms with Crippen molar-refractivity contribution in [2.45, 2.75) is 19.9 Å². The van der Waals surface area contributed by atoms with Gasteiger partial charge < -0.3 is 10.2 Å². The van der Waals surface area contributed by atoms with Gasteiger partial charge in [0.2, 0.25) is 0 Å². The van der Waals surface area contributed by atoms with Gasteiger partial charge in [0.25, 0.3) is 0 Å². The number of nitrogens with one attached hydrogen (secondary N) is 1. The van der Waals surface area contributed by atoms with Crippen LogP contribution in [0.3, 0.4) is 0 Å². The first kappa shape index (κ1) is 13.3. The fourth-order valence-corrected chi connectivity index (χ4v) is 1.55. The van der Waals surface area contributed by atoms with Crippen LogP contribution in [0.25, 0.3) is 0 Å². The van der Waals surface area contributed by atoms with Crippen molar-refractivity contribution in [2.75, 3.05) is 25.0 Å². The third-order valence-corrected chi connectivity index (χ3v) is 2.63. The van der Waals surface area contributed by atoms with Crippen molar-refractivity contribution < 1.29 is 4.39 Å². The van der Waals surface area contributed by atoms with E-state index in [0.29, 0.717) is 6.04 Å². The second kappa shape index (κ2) is 6.06. The van der Waals surface area contributed by atoms with Crippen LogP contribution in [0.4, 0.5) is 10.1 Å². The highest BCUT2D eigenvalue weighted by Crippen LogP contribution is 2.21. The first-order valence-electron chi connectivity index (χ1n) is 5.40. The largest absolute Gasteiger partial charge is 0.373 e. The lowest BCUT2D eigenvalue weighted by Crippen LogP contribution is -2.32. The summed E-state index contributed by atoms with van der Waals surface area (Å²) < 4.78 is 13.0. The van der Waals surface area contributed by atoms with Crippen LogP contribution in [0.2, 0.25) is 5.02 Å². The molecule has 0 saturated carbocycles. The third-order valence-electron chi connectivity index (χ3n) is 2.34. The SMILES string of the molecule is CC(C)NCCN(C)c1ccc(F)c(Cl)c1. The maximum absolute atomic E-state index is 13.0. The summed E-state index contributed by atoms with van der Waals surface area (Å²) in [6.45, 7) is 5.97. The quantitative estimate of drug-likeness (QED) is 0.857. The summed E-state index contributed by atoms with van der Waals surface area (Å²) in [5, 5.41) is 3.49. The van der Waals surface area contributed by atoms with E-state index < -0.39 is 0 Å². The molecule has 0 radical (unpaired) electrons. The van der Waals surface area contributed by atoms with E-state index >= 15 is 0 Å². The number of benzene rings is 1. The van der Waals surface area contributed by atoms with E-state index in [1.807, 2.05) is 11.9 Å². The Hall–Kier alpha value is -0.800. The predicted octanol–water partition coefficient (Wildman–Crippen LogP) is 2.91. The molecule has 0 aliphatic rings. The van der Waals surface area contributed by atoms with Crippen molar-refractivity contribution in [3.63, 3.8) is 0 Å². The second-order valence-electron chi connectivity index (χ2n) is 4.13. The lowest BCUT2D eigenvalue weighted by atomic mass is 10.3. The minimum atomic E-state index is -0.376. The molecule has 0 spiro atoms. The topological polar surface area (TPSA) is 15.3 Å². The van der Waals surface area contributed by atoms with Gasteiger partial charge in [-0.15, -0.1) is 0 Å². The summed E-state index contributed by atoms with van der Waals surface area (Å²) >= 11 is 5.73. The molecule has 1 aromatic carbocycles. The smallest absolute Gasteiger partial charge is 0.141 e. The molecule has 0 bridgehead atoms. The lowest BCUT2D eigenvalue weighted by molar-refractivity contribution is 0.589. The first-order valence-corrected chi connectivity index (χ1v) is 5.78. The van der Waals surface area contributed by atoms with Crippen molar-refractivity contribution in [1.82, 2.24) is 5.32 Å². The van der Waals surface area contributed by atoms with Crippen LogP contribution in [0, 0.1) is 5.82 Å². The van der Waals surface area contributed by atoms with Crippen molar-refractivity contribution in [3.8, 4) is 0 Å². The highest BCUT2D eigenvalue weighted by Gasteiger charge is 2.04. The average Bonchev–Trinajstić information content (AvgIpc) is 2.21. The molecular weight excluding hydrogens is 227 g/mol. The molecule has 0 fully saturated rings. The van der Waals surface area contributed by atoms with Crippen LogP contribution in [-0.4, -0.2) is 26.2 Å². The Kier molecular flexibility index (Phi) is 5.03. The Labute approximate surface area is 101 Å². The molecule has 0 unspecified atom stereocenters. The normalized spacial score (nSPS) is 10.9. The van der Waals surface area contributed by atoms with Gasteiger partial charge in [-0.3, -0.25) is 0 Å². The Balaban J connectivity index is 2.52. The Morgan fingerprint density at radius 1 is 1.44 bits per heavy atom. The molecule has 1 aromatic rings. The van der Waals surface area contributed by atoms with Crippen LogP contribution in [0.5, 0.6) is 0 Å². The molecule has 0 amide bonds. The monoisotopic (exact) mass is 244 g/mol. The second-order valence-corrected chi connectivity index (χ2v) is 4.54. The molecule has 2 nitrogen and oxygen atoms in total. The fourth-order valence-electron chi connectivity index (χ4n) is 1.37. The van der Waals surface area contributed by atoms with Crippen molar-refractivity contribution in [1.29, 1.82) is 0 Å². The lowest BCUT2D eigenvalue weighted by Gasteiger charge is -2.20. The fraction of sp³-hybridized carbons (Fsp3) is 0.500. The third kappa shape index (κ3) is 3.99. The Morgan fingerprint density at radius 2 is 2.12 bits per heavy atom. The maximum Gasteiger partial charge on any atom is 0.141 e. The number of hydrogen-bond acceptors (Lipinski definition) is 2. The number of hydrogen-bond donors (Lipinski definition) is 1. The van der Waals surface area contributed by atoms with E-state index in [2.05, 4.69) is 19.2 Å². The van der Waals surface area contributed by atoms with E-state index in [-0.39, 0.29) is 10.8 Å². The molecule has 0 aliphatic carbocycles. The zero-order chi connectivity index (χ0) is 12.1. The Bertz CT molecular complexity index is 342. The zero-order valence-corrected chi connectivity index (χ0v) is 10.7. The molecule has 4 heteroatoms. The van der Waals surface area contributed by atoms with Crippen LogP contribution >= 0.6 is 11.6 Å². The summed E-state index contributed by atoms with van der Waals surface area (Å²) in [5.74, 6) is -0.376. The minimum absolute atomic E-state index is 0.168. The molecule has 0 aliphatic heterocycles. The van der Waals surface area contributed by atoms with Crippen LogP contribution in [-0.2, 0) is 0 Å². The van der Waals surface area contributed by atoms with Gasteiger partial charge in [-0.1, -0.05) is 25.4 Å².